The van der Waals surface area contributed by atoms with Crippen molar-refractivity contribution in [1.82, 2.24) is 9.62 Å². The zero-order chi connectivity index (χ0) is 23.1. The fourth-order valence-corrected chi connectivity index (χ4v) is 5.12. The molecule has 1 heterocycles. The highest BCUT2D eigenvalue weighted by molar-refractivity contribution is 7.89. The van der Waals surface area contributed by atoms with Crippen LogP contribution in [0.4, 0.5) is 5.69 Å². The molecule has 1 atom stereocenters. The zero-order valence-electron chi connectivity index (χ0n) is 17.9. The minimum absolute atomic E-state index is 0.0330. The van der Waals surface area contributed by atoms with Crippen LogP contribution in [0.5, 0.6) is 0 Å². The lowest BCUT2D eigenvalue weighted by atomic mass is 10.1. The third kappa shape index (κ3) is 6.02. The molecule has 2 aromatic rings. The van der Waals surface area contributed by atoms with Crippen molar-refractivity contribution < 1.29 is 18.1 Å². The summed E-state index contributed by atoms with van der Waals surface area (Å²) in [5.41, 5.74) is 1.29. The maximum Gasteiger partial charge on any atom is 0.269 e. The predicted octanol–water partition coefficient (Wildman–Crippen LogP) is 4.05. The lowest BCUT2D eigenvalue weighted by Crippen LogP contribution is -2.31. The fourth-order valence-electron chi connectivity index (χ4n) is 3.61. The van der Waals surface area contributed by atoms with Crippen molar-refractivity contribution >= 4 is 27.7 Å². The van der Waals surface area contributed by atoms with Gasteiger partial charge in [0.25, 0.3) is 5.69 Å². The number of nitro groups is 1. The zero-order valence-corrected chi connectivity index (χ0v) is 18.8. The molecule has 1 saturated heterocycles. The van der Waals surface area contributed by atoms with E-state index in [0.29, 0.717) is 24.2 Å². The van der Waals surface area contributed by atoms with Crippen molar-refractivity contribution in [2.24, 2.45) is 0 Å². The van der Waals surface area contributed by atoms with Gasteiger partial charge in [-0.2, -0.15) is 4.31 Å². The van der Waals surface area contributed by atoms with Crippen LogP contribution in [0.3, 0.4) is 0 Å². The van der Waals surface area contributed by atoms with E-state index in [4.69, 9.17) is 0 Å². The van der Waals surface area contributed by atoms with Crippen LogP contribution in [0.2, 0.25) is 0 Å². The number of benzene rings is 2. The second kappa shape index (κ2) is 10.5. The van der Waals surface area contributed by atoms with Gasteiger partial charge in [0.1, 0.15) is 0 Å². The summed E-state index contributed by atoms with van der Waals surface area (Å²) in [6.07, 6.45) is 6.81. The fraction of sp³-hybridized carbons (Fsp3) is 0.348. The Morgan fingerprint density at radius 1 is 1.09 bits per heavy atom. The summed E-state index contributed by atoms with van der Waals surface area (Å²) >= 11 is 0. The smallest absolute Gasteiger partial charge is 0.269 e. The van der Waals surface area contributed by atoms with Gasteiger partial charge in [-0.1, -0.05) is 37.1 Å². The van der Waals surface area contributed by atoms with Gasteiger partial charge in [0.15, 0.2) is 0 Å². The molecule has 0 spiro atoms. The Kier molecular flexibility index (Phi) is 7.76. The first-order chi connectivity index (χ1) is 15.3. The van der Waals surface area contributed by atoms with Gasteiger partial charge in [-0.3, -0.25) is 14.9 Å². The van der Waals surface area contributed by atoms with Gasteiger partial charge in [-0.15, -0.1) is 0 Å². The number of rotatable bonds is 7. The van der Waals surface area contributed by atoms with E-state index in [1.165, 1.54) is 18.2 Å². The van der Waals surface area contributed by atoms with E-state index >= 15 is 0 Å². The number of nitrogens with zero attached hydrogens (tertiary/aromatic N) is 2. The normalized spacial score (nSPS) is 16.4. The third-order valence-corrected chi connectivity index (χ3v) is 7.36. The van der Waals surface area contributed by atoms with Crippen LogP contribution in [0.1, 0.15) is 49.8 Å². The predicted molar refractivity (Wildman–Crippen MR) is 122 cm³/mol. The van der Waals surface area contributed by atoms with E-state index in [2.05, 4.69) is 5.32 Å². The molecule has 1 unspecified atom stereocenters. The number of nitrogens with one attached hydrogen (secondary N) is 1. The molecule has 170 valence electrons. The van der Waals surface area contributed by atoms with Crippen LogP contribution >= 0.6 is 0 Å². The number of carbonyl (C=O) groups excluding carboxylic acids is 1. The van der Waals surface area contributed by atoms with Crippen molar-refractivity contribution in [3.63, 3.8) is 0 Å². The first-order valence-corrected chi connectivity index (χ1v) is 12.0. The molecular formula is C23H27N3O5S. The van der Waals surface area contributed by atoms with Gasteiger partial charge in [-0.05, 0) is 49.1 Å². The number of carbonyl (C=O) groups is 1. The molecule has 9 heteroatoms. The molecule has 32 heavy (non-hydrogen) atoms. The van der Waals surface area contributed by atoms with Crippen LogP contribution in [0.15, 0.2) is 59.5 Å². The quantitative estimate of drug-likeness (QED) is 0.383. The summed E-state index contributed by atoms with van der Waals surface area (Å²) in [5.74, 6) is -0.356. The Balaban J connectivity index is 1.62. The number of non-ortho nitro benzene ring substituents is 1. The SMILES string of the molecule is CC(NC(=O)/C=C/c1ccc(S(=O)(=O)N2CCCCCC2)cc1)c1cccc([N+](=O)[O-])c1. The van der Waals surface area contributed by atoms with Crippen molar-refractivity contribution in [3.8, 4) is 0 Å². The van der Waals surface area contributed by atoms with Crippen molar-refractivity contribution in [3.05, 3.63) is 75.8 Å². The number of nitro benzene ring substituents is 1. The summed E-state index contributed by atoms with van der Waals surface area (Å²) in [5, 5.41) is 13.7. The first kappa shape index (κ1) is 23.6. The molecule has 0 saturated carbocycles. The molecule has 1 amide bonds. The van der Waals surface area contributed by atoms with E-state index < -0.39 is 21.0 Å². The number of amides is 1. The maximum atomic E-state index is 12.8. The molecule has 1 N–H and O–H groups in total. The summed E-state index contributed by atoms with van der Waals surface area (Å²) in [6, 6.07) is 12.2. The Bertz CT molecular complexity index is 1090. The molecule has 0 bridgehead atoms. The lowest BCUT2D eigenvalue weighted by molar-refractivity contribution is -0.384. The van der Waals surface area contributed by atoms with E-state index in [-0.39, 0.29) is 16.5 Å². The van der Waals surface area contributed by atoms with Crippen LogP contribution in [-0.2, 0) is 14.8 Å². The number of hydrogen-bond donors (Lipinski definition) is 1. The van der Waals surface area contributed by atoms with Crippen LogP contribution in [0.25, 0.3) is 6.08 Å². The topological polar surface area (TPSA) is 110 Å². The molecule has 1 aliphatic heterocycles. The highest BCUT2D eigenvalue weighted by Crippen LogP contribution is 2.21. The second-order valence-corrected chi connectivity index (χ2v) is 9.74. The van der Waals surface area contributed by atoms with Crippen molar-refractivity contribution in [1.29, 1.82) is 0 Å². The Hall–Kier alpha value is -3.04. The highest BCUT2D eigenvalue weighted by atomic mass is 32.2. The minimum atomic E-state index is -3.51. The van der Waals surface area contributed by atoms with Crippen molar-refractivity contribution in [2.75, 3.05) is 13.1 Å². The van der Waals surface area contributed by atoms with Crippen molar-refractivity contribution in [2.45, 2.75) is 43.5 Å². The van der Waals surface area contributed by atoms with Gasteiger partial charge in [0.05, 0.1) is 15.9 Å². The Morgan fingerprint density at radius 2 is 1.75 bits per heavy atom. The molecular weight excluding hydrogens is 430 g/mol. The molecule has 3 rings (SSSR count). The summed E-state index contributed by atoms with van der Waals surface area (Å²) in [4.78, 5) is 22.9. The Morgan fingerprint density at radius 3 is 2.38 bits per heavy atom. The molecule has 0 radical (unpaired) electrons. The van der Waals surface area contributed by atoms with Gasteiger partial charge in [0.2, 0.25) is 15.9 Å². The molecule has 2 aromatic carbocycles. The van der Waals surface area contributed by atoms with E-state index in [1.807, 2.05) is 0 Å². The molecule has 0 aromatic heterocycles. The lowest BCUT2D eigenvalue weighted by Gasteiger charge is -2.19. The summed E-state index contributed by atoms with van der Waals surface area (Å²) in [7, 11) is -3.51. The third-order valence-electron chi connectivity index (χ3n) is 5.45. The maximum absolute atomic E-state index is 12.8. The number of hydrogen-bond acceptors (Lipinski definition) is 5. The average Bonchev–Trinajstić information content (AvgIpc) is 3.08. The first-order valence-electron chi connectivity index (χ1n) is 10.6. The van der Waals surface area contributed by atoms with Crippen LogP contribution in [-0.4, -0.2) is 36.6 Å². The molecule has 8 nitrogen and oxygen atoms in total. The average molecular weight is 458 g/mol. The van der Waals surface area contributed by atoms with Gasteiger partial charge in [-0.25, -0.2) is 8.42 Å². The second-order valence-electron chi connectivity index (χ2n) is 7.80. The number of sulfonamides is 1. The molecule has 1 aliphatic rings. The van der Waals surface area contributed by atoms with Gasteiger partial charge in [0, 0.05) is 31.3 Å². The van der Waals surface area contributed by atoms with Gasteiger partial charge < -0.3 is 5.32 Å². The standard InChI is InChI=1S/C23H27N3O5S/c1-18(20-7-6-8-21(17-20)26(28)29)24-23(27)14-11-19-9-12-22(13-10-19)32(30,31)25-15-4-2-3-5-16-25/h6-14,17-18H,2-5,15-16H2,1H3,(H,24,27)/b14-11+. The van der Waals surface area contributed by atoms with Crippen LogP contribution in [0, 0.1) is 10.1 Å². The largest absolute Gasteiger partial charge is 0.346 e. The minimum Gasteiger partial charge on any atom is -0.346 e. The van der Waals surface area contributed by atoms with E-state index in [9.17, 15) is 23.3 Å². The molecule has 1 fully saturated rings. The Labute approximate surface area is 188 Å². The summed E-state index contributed by atoms with van der Waals surface area (Å²) in [6.45, 7) is 2.84. The van der Waals surface area contributed by atoms with E-state index in [0.717, 1.165) is 25.7 Å². The van der Waals surface area contributed by atoms with Gasteiger partial charge >= 0.3 is 0 Å². The molecule has 0 aliphatic carbocycles. The summed E-state index contributed by atoms with van der Waals surface area (Å²) < 4.78 is 27.2. The van der Waals surface area contributed by atoms with Crippen LogP contribution < -0.4 is 5.32 Å². The highest BCUT2D eigenvalue weighted by Gasteiger charge is 2.24. The van der Waals surface area contributed by atoms with E-state index in [1.54, 1.807) is 53.7 Å². The monoisotopic (exact) mass is 457 g/mol.